The molecule has 2 aromatic carbocycles. The van der Waals surface area contributed by atoms with Crippen molar-refractivity contribution in [3.63, 3.8) is 0 Å². The number of carbonyl (C=O) groups is 1. The van der Waals surface area contributed by atoms with E-state index in [1.54, 1.807) is 0 Å². The SMILES string of the molecule is CC(C)CCNC(=O)c1ccc(N2Cc3cccc(Cl)c3C2)cc1. The molecule has 0 fully saturated rings. The maximum Gasteiger partial charge on any atom is 0.251 e. The monoisotopic (exact) mass is 342 g/mol. The molecule has 3 rings (SSSR count). The van der Waals surface area contributed by atoms with Crippen LogP contribution in [0.25, 0.3) is 0 Å². The van der Waals surface area contributed by atoms with Gasteiger partial charge in [0.1, 0.15) is 0 Å². The molecule has 1 aliphatic heterocycles. The minimum absolute atomic E-state index is 0.00467. The second-order valence-corrected chi connectivity index (χ2v) is 7.13. The molecule has 0 radical (unpaired) electrons. The first-order chi connectivity index (χ1) is 11.5. The molecule has 126 valence electrons. The molecule has 24 heavy (non-hydrogen) atoms. The van der Waals surface area contributed by atoms with E-state index in [-0.39, 0.29) is 5.91 Å². The third-order valence-corrected chi connectivity index (χ3v) is 4.78. The van der Waals surface area contributed by atoms with Crippen molar-refractivity contribution in [1.82, 2.24) is 5.32 Å². The molecule has 0 unspecified atom stereocenters. The van der Waals surface area contributed by atoms with Gasteiger partial charge in [0.15, 0.2) is 0 Å². The van der Waals surface area contributed by atoms with E-state index in [9.17, 15) is 4.79 Å². The summed E-state index contributed by atoms with van der Waals surface area (Å²) >= 11 is 6.28. The van der Waals surface area contributed by atoms with Crippen LogP contribution in [0.4, 0.5) is 5.69 Å². The van der Waals surface area contributed by atoms with Gasteiger partial charge >= 0.3 is 0 Å². The molecule has 1 N–H and O–H groups in total. The zero-order valence-electron chi connectivity index (χ0n) is 14.2. The van der Waals surface area contributed by atoms with Gasteiger partial charge in [-0.05, 0) is 53.8 Å². The number of amides is 1. The number of nitrogens with zero attached hydrogens (tertiary/aromatic N) is 1. The molecule has 0 atom stereocenters. The largest absolute Gasteiger partial charge is 0.363 e. The van der Waals surface area contributed by atoms with Gasteiger partial charge < -0.3 is 10.2 Å². The smallest absolute Gasteiger partial charge is 0.251 e. The predicted octanol–water partition coefficient (Wildman–Crippen LogP) is 4.64. The average molecular weight is 343 g/mol. The number of hydrogen-bond acceptors (Lipinski definition) is 2. The Labute approximate surface area is 148 Å². The van der Waals surface area contributed by atoms with Gasteiger partial charge in [-0.15, -0.1) is 0 Å². The summed E-state index contributed by atoms with van der Waals surface area (Å²) in [6.07, 6.45) is 0.997. The predicted molar refractivity (Wildman–Crippen MR) is 99.6 cm³/mol. The number of rotatable bonds is 5. The maximum absolute atomic E-state index is 12.1. The van der Waals surface area contributed by atoms with Crippen LogP contribution >= 0.6 is 11.6 Å². The van der Waals surface area contributed by atoms with E-state index in [1.807, 2.05) is 36.4 Å². The van der Waals surface area contributed by atoms with E-state index in [1.165, 1.54) is 11.1 Å². The Kier molecular flexibility index (Phi) is 5.10. The normalized spacial score (nSPS) is 13.2. The zero-order chi connectivity index (χ0) is 17.1. The van der Waals surface area contributed by atoms with Crippen molar-refractivity contribution in [3.8, 4) is 0 Å². The summed E-state index contributed by atoms with van der Waals surface area (Å²) in [5.74, 6) is 0.589. The molecule has 4 heteroatoms. The van der Waals surface area contributed by atoms with Crippen LogP contribution in [0, 0.1) is 5.92 Å². The Morgan fingerprint density at radius 3 is 2.58 bits per heavy atom. The molecule has 3 nitrogen and oxygen atoms in total. The van der Waals surface area contributed by atoms with Gasteiger partial charge in [0.05, 0.1) is 0 Å². The lowest BCUT2D eigenvalue weighted by Crippen LogP contribution is -2.25. The van der Waals surface area contributed by atoms with Gasteiger partial charge in [-0.3, -0.25) is 4.79 Å². The second-order valence-electron chi connectivity index (χ2n) is 6.72. The molecule has 0 bridgehead atoms. The van der Waals surface area contributed by atoms with Crippen molar-refractivity contribution in [2.24, 2.45) is 5.92 Å². The van der Waals surface area contributed by atoms with E-state index in [2.05, 4.69) is 30.1 Å². The summed E-state index contributed by atoms with van der Waals surface area (Å²) < 4.78 is 0. The fourth-order valence-corrected chi connectivity index (χ4v) is 3.22. The molecule has 1 amide bonds. The number of nitrogens with one attached hydrogen (secondary N) is 1. The van der Waals surface area contributed by atoms with Crippen molar-refractivity contribution < 1.29 is 4.79 Å². The Morgan fingerprint density at radius 2 is 1.92 bits per heavy atom. The first kappa shape index (κ1) is 16.8. The Morgan fingerprint density at radius 1 is 1.17 bits per heavy atom. The summed E-state index contributed by atoms with van der Waals surface area (Å²) in [6, 6.07) is 13.9. The van der Waals surface area contributed by atoms with Gasteiger partial charge in [0.25, 0.3) is 5.91 Å². The third-order valence-electron chi connectivity index (χ3n) is 4.43. The fraction of sp³-hybridized carbons (Fsp3) is 0.350. The highest BCUT2D eigenvalue weighted by atomic mass is 35.5. The summed E-state index contributed by atoms with van der Waals surface area (Å²) in [7, 11) is 0. The lowest BCUT2D eigenvalue weighted by molar-refractivity contribution is 0.0952. The van der Waals surface area contributed by atoms with Crippen LogP contribution in [0.5, 0.6) is 0 Å². The number of benzene rings is 2. The molecule has 0 aliphatic carbocycles. The molecule has 0 saturated carbocycles. The molecular formula is C20H23ClN2O. The van der Waals surface area contributed by atoms with Crippen LogP contribution in [-0.4, -0.2) is 12.5 Å². The molecule has 0 aromatic heterocycles. The van der Waals surface area contributed by atoms with Gasteiger partial charge in [0, 0.05) is 35.9 Å². The summed E-state index contributed by atoms with van der Waals surface area (Å²) in [4.78, 5) is 14.4. The van der Waals surface area contributed by atoms with Gasteiger partial charge in [-0.25, -0.2) is 0 Å². The summed E-state index contributed by atoms with van der Waals surface area (Å²) in [5, 5.41) is 3.80. The lowest BCUT2D eigenvalue weighted by Gasteiger charge is -2.18. The van der Waals surface area contributed by atoms with Crippen LogP contribution < -0.4 is 10.2 Å². The molecule has 2 aromatic rings. The number of hydrogen-bond donors (Lipinski definition) is 1. The first-order valence-corrected chi connectivity index (χ1v) is 8.82. The minimum Gasteiger partial charge on any atom is -0.363 e. The van der Waals surface area contributed by atoms with Crippen molar-refractivity contribution in [2.45, 2.75) is 33.4 Å². The summed E-state index contributed by atoms with van der Waals surface area (Å²) in [5.41, 5.74) is 4.30. The fourth-order valence-electron chi connectivity index (χ4n) is 2.96. The van der Waals surface area contributed by atoms with E-state index < -0.39 is 0 Å². The number of fused-ring (bicyclic) bond motifs is 1. The van der Waals surface area contributed by atoms with Gasteiger partial charge in [-0.2, -0.15) is 0 Å². The van der Waals surface area contributed by atoms with E-state index in [4.69, 9.17) is 11.6 Å². The Balaban J connectivity index is 1.64. The maximum atomic E-state index is 12.1. The molecule has 1 aliphatic rings. The highest BCUT2D eigenvalue weighted by molar-refractivity contribution is 6.31. The van der Waals surface area contributed by atoms with Crippen molar-refractivity contribution >= 4 is 23.2 Å². The quantitative estimate of drug-likeness (QED) is 0.858. The second kappa shape index (κ2) is 7.27. The van der Waals surface area contributed by atoms with Crippen LogP contribution in [0.15, 0.2) is 42.5 Å². The van der Waals surface area contributed by atoms with Crippen LogP contribution in [0.2, 0.25) is 5.02 Å². The van der Waals surface area contributed by atoms with E-state index >= 15 is 0 Å². The van der Waals surface area contributed by atoms with E-state index in [0.29, 0.717) is 11.5 Å². The van der Waals surface area contributed by atoms with Crippen molar-refractivity contribution in [3.05, 3.63) is 64.2 Å². The number of carbonyl (C=O) groups excluding carboxylic acids is 1. The lowest BCUT2D eigenvalue weighted by atomic mass is 10.1. The van der Waals surface area contributed by atoms with Crippen molar-refractivity contribution in [2.75, 3.05) is 11.4 Å². The zero-order valence-corrected chi connectivity index (χ0v) is 14.9. The number of halogens is 1. The Hall–Kier alpha value is -2.00. The first-order valence-electron chi connectivity index (χ1n) is 8.44. The molecule has 0 saturated heterocycles. The topological polar surface area (TPSA) is 32.3 Å². The minimum atomic E-state index is -0.00467. The van der Waals surface area contributed by atoms with E-state index in [0.717, 1.165) is 36.8 Å². The third kappa shape index (κ3) is 3.73. The van der Waals surface area contributed by atoms with Crippen LogP contribution in [0.1, 0.15) is 41.8 Å². The average Bonchev–Trinajstić information content (AvgIpc) is 3.00. The van der Waals surface area contributed by atoms with Crippen molar-refractivity contribution in [1.29, 1.82) is 0 Å². The van der Waals surface area contributed by atoms with Crippen LogP contribution in [0.3, 0.4) is 0 Å². The molecule has 0 spiro atoms. The highest BCUT2D eigenvalue weighted by Gasteiger charge is 2.21. The number of anilines is 1. The van der Waals surface area contributed by atoms with Gasteiger partial charge in [-0.1, -0.05) is 37.6 Å². The Bertz CT molecular complexity index is 725. The molecular weight excluding hydrogens is 320 g/mol. The summed E-state index contributed by atoms with van der Waals surface area (Å²) in [6.45, 7) is 6.70. The standard InChI is InChI=1S/C20H23ClN2O/c1-14(2)10-11-22-20(24)15-6-8-17(9-7-15)23-12-16-4-3-5-19(21)18(16)13-23/h3-9,14H,10-13H2,1-2H3,(H,22,24). The van der Waals surface area contributed by atoms with Gasteiger partial charge in [0.2, 0.25) is 0 Å². The highest BCUT2D eigenvalue weighted by Crippen LogP contribution is 2.32. The molecule has 1 heterocycles. The van der Waals surface area contributed by atoms with Crippen LogP contribution in [-0.2, 0) is 13.1 Å².